The van der Waals surface area contributed by atoms with Crippen molar-refractivity contribution in [2.45, 2.75) is 19.9 Å². The van der Waals surface area contributed by atoms with E-state index in [-0.39, 0.29) is 5.91 Å². The predicted octanol–water partition coefficient (Wildman–Crippen LogP) is 3.98. The standard InChI is InChI=1S/C23H25N3O2/c1-17-3-5-19(6-4-17)16-26-23(27)22-15-20(12-14-25-22)24-13-11-18-7-9-21(28-2)10-8-18/h3-10,12,14-15H,11,13,16H2,1-2H3,(H,24,25)(H,26,27). The number of aromatic nitrogens is 1. The Bertz CT molecular complexity index is 906. The summed E-state index contributed by atoms with van der Waals surface area (Å²) in [6, 6.07) is 19.8. The van der Waals surface area contributed by atoms with E-state index in [0.717, 1.165) is 30.0 Å². The first kappa shape index (κ1) is 19.4. The third-order valence-corrected chi connectivity index (χ3v) is 4.47. The quantitative estimate of drug-likeness (QED) is 0.625. The Morgan fingerprint density at radius 1 is 1.00 bits per heavy atom. The van der Waals surface area contributed by atoms with Crippen molar-refractivity contribution in [1.82, 2.24) is 10.3 Å². The number of rotatable bonds is 8. The van der Waals surface area contributed by atoms with E-state index >= 15 is 0 Å². The Morgan fingerprint density at radius 2 is 1.71 bits per heavy atom. The number of hydrogen-bond acceptors (Lipinski definition) is 4. The van der Waals surface area contributed by atoms with Crippen LogP contribution in [0.15, 0.2) is 66.9 Å². The molecule has 0 spiro atoms. The molecule has 0 unspecified atom stereocenters. The first-order chi connectivity index (χ1) is 13.6. The molecule has 144 valence electrons. The highest BCUT2D eigenvalue weighted by Gasteiger charge is 2.08. The molecular weight excluding hydrogens is 350 g/mol. The molecule has 2 N–H and O–H groups in total. The van der Waals surface area contributed by atoms with Crippen LogP contribution in [0.5, 0.6) is 5.75 Å². The van der Waals surface area contributed by atoms with E-state index in [2.05, 4.69) is 27.8 Å². The van der Waals surface area contributed by atoms with Gasteiger partial charge in [0, 0.05) is 25.0 Å². The Morgan fingerprint density at radius 3 is 2.43 bits per heavy atom. The molecule has 28 heavy (non-hydrogen) atoms. The number of pyridine rings is 1. The summed E-state index contributed by atoms with van der Waals surface area (Å²) < 4.78 is 5.17. The molecule has 2 aromatic carbocycles. The maximum absolute atomic E-state index is 12.4. The van der Waals surface area contributed by atoms with E-state index in [1.54, 1.807) is 19.4 Å². The second-order valence-electron chi connectivity index (χ2n) is 6.62. The lowest BCUT2D eigenvalue weighted by atomic mass is 10.1. The Hall–Kier alpha value is -3.34. The molecule has 0 aliphatic carbocycles. The second kappa shape index (κ2) is 9.55. The van der Waals surface area contributed by atoms with Gasteiger partial charge in [0.15, 0.2) is 0 Å². The summed E-state index contributed by atoms with van der Waals surface area (Å²) in [6.07, 6.45) is 2.53. The fourth-order valence-corrected chi connectivity index (χ4v) is 2.79. The van der Waals surface area contributed by atoms with Gasteiger partial charge in [-0.1, -0.05) is 42.0 Å². The van der Waals surface area contributed by atoms with Gasteiger partial charge in [-0.3, -0.25) is 9.78 Å². The fraction of sp³-hybridized carbons (Fsp3) is 0.217. The van der Waals surface area contributed by atoms with Crippen molar-refractivity contribution < 1.29 is 9.53 Å². The first-order valence-electron chi connectivity index (χ1n) is 9.30. The average molecular weight is 375 g/mol. The summed E-state index contributed by atoms with van der Waals surface area (Å²) in [5.41, 5.74) is 4.77. The molecule has 3 aromatic rings. The SMILES string of the molecule is COc1ccc(CCNc2ccnc(C(=O)NCc3ccc(C)cc3)c2)cc1. The summed E-state index contributed by atoms with van der Waals surface area (Å²) in [6.45, 7) is 3.29. The van der Waals surface area contributed by atoms with Crippen LogP contribution >= 0.6 is 0 Å². The number of anilines is 1. The highest BCUT2D eigenvalue weighted by atomic mass is 16.5. The molecule has 0 atom stereocenters. The molecular formula is C23H25N3O2. The molecule has 3 rings (SSSR count). The minimum absolute atomic E-state index is 0.181. The van der Waals surface area contributed by atoms with Gasteiger partial charge < -0.3 is 15.4 Å². The van der Waals surface area contributed by atoms with Crippen LogP contribution in [0.25, 0.3) is 0 Å². The first-order valence-corrected chi connectivity index (χ1v) is 9.30. The lowest BCUT2D eigenvalue weighted by molar-refractivity contribution is 0.0946. The zero-order valence-electron chi connectivity index (χ0n) is 16.2. The van der Waals surface area contributed by atoms with Gasteiger partial charge in [-0.05, 0) is 48.7 Å². The van der Waals surface area contributed by atoms with Crippen molar-refractivity contribution in [3.05, 3.63) is 89.2 Å². The van der Waals surface area contributed by atoms with Crippen molar-refractivity contribution in [2.24, 2.45) is 0 Å². The summed E-state index contributed by atoms with van der Waals surface area (Å²) >= 11 is 0. The van der Waals surface area contributed by atoms with E-state index in [4.69, 9.17) is 4.74 Å². The fourth-order valence-electron chi connectivity index (χ4n) is 2.79. The van der Waals surface area contributed by atoms with Crippen LogP contribution in [0.4, 0.5) is 5.69 Å². The molecule has 0 saturated carbocycles. The van der Waals surface area contributed by atoms with Crippen molar-refractivity contribution in [1.29, 1.82) is 0 Å². The van der Waals surface area contributed by atoms with E-state index < -0.39 is 0 Å². The third-order valence-electron chi connectivity index (χ3n) is 4.47. The Kier molecular flexibility index (Phi) is 6.63. The van der Waals surface area contributed by atoms with Gasteiger partial charge in [0.25, 0.3) is 5.91 Å². The maximum Gasteiger partial charge on any atom is 0.270 e. The normalized spacial score (nSPS) is 10.4. The van der Waals surface area contributed by atoms with Crippen molar-refractivity contribution in [3.63, 3.8) is 0 Å². The van der Waals surface area contributed by atoms with Crippen LogP contribution < -0.4 is 15.4 Å². The number of nitrogens with zero attached hydrogens (tertiary/aromatic N) is 1. The molecule has 0 saturated heterocycles. The van der Waals surface area contributed by atoms with E-state index in [1.807, 2.05) is 49.4 Å². The number of carbonyl (C=O) groups excluding carboxylic acids is 1. The van der Waals surface area contributed by atoms with Crippen LogP contribution in [0.2, 0.25) is 0 Å². The lowest BCUT2D eigenvalue weighted by Gasteiger charge is -2.09. The summed E-state index contributed by atoms with van der Waals surface area (Å²) in [5, 5.41) is 6.26. The van der Waals surface area contributed by atoms with Gasteiger partial charge in [-0.15, -0.1) is 0 Å². The molecule has 5 nitrogen and oxygen atoms in total. The summed E-state index contributed by atoms with van der Waals surface area (Å²) in [5.74, 6) is 0.673. The van der Waals surface area contributed by atoms with Crippen LogP contribution in [-0.4, -0.2) is 24.5 Å². The van der Waals surface area contributed by atoms with Crippen LogP contribution in [0, 0.1) is 6.92 Å². The summed E-state index contributed by atoms with van der Waals surface area (Å²) in [7, 11) is 1.66. The van der Waals surface area contributed by atoms with Crippen LogP contribution in [0.3, 0.4) is 0 Å². The van der Waals surface area contributed by atoms with Gasteiger partial charge >= 0.3 is 0 Å². The number of aryl methyl sites for hydroxylation is 1. The highest BCUT2D eigenvalue weighted by molar-refractivity contribution is 5.93. The molecule has 0 fully saturated rings. The van der Waals surface area contributed by atoms with Gasteiger partial charge in [0.05, 0.1) is 7.11 Å². The van der Waals surface area contributed by atoms with Crippen LogP contribution in [-0.2, 0) is 13.0 Å². The van der Waals surface area contributed by atoms with Gasteiger partial charge in [0.1, 0.15) is 11.4 Å². The number of amides is 1. The van der Waals surface area contributed by atoms with E-state index in [0.29, 0.717) is 12.2 Å². The average Bonchev–Trinajstić information content (AvgIpc) is 2.74. The monoisotopic (exact) mass is 375 g/mol. The molecule has 0 aliphatic rings. The largest absolute Gasteiger partial charge is 0.497 e. The highest BCUT2D eigenvalue weighted by Crippen LogP contribution is 2.13. The summed E-state index contributed by atoms with van der Waals surface area (Å²) in [4.78, 5) is 16.6. The number of benzene rings is 2. The van der Waals surface area contributed by atoms with Crippen molar-refractivity contribution >= 4 is 11.6 Å². The lowest BCUT2D eigenvalue weighted by Crippen LogP contribution is -2.23. The molecule has 5 heteroatoms. The number of methoxy groups -OCH3 is 1. The van der Waals surface area contributed by atoms with Gasteiger partial charge in [0.2, 0.25) is 0 Å². The smallest absolute Gasteiger partial charge is 0.270 e. The molecule has 0 bridgehead atoms. The van der Waals surface area contributed by atoms with Crippen molar-refractivity contribution in [2.75, 3.05) is 19.0 Å². The zero-order valence-corrected chi connectivity index (χ0v) is 16.2. The molecule has 0 aliphatic heterocycles. The molecule has 1 amide bonds. The Labute approximate surface area is 165 Å². The van der Waals surface area contributed by atoms with Crippen LogP contribution in [0.1, 0.15) is 27.2 Å². The topological polar surface area (TPSA) is 63.2 Å². The third kappa shape index (κ3) is 5.58. The maximum atomic E-state index is 12.4. The van der Waals surface area contributed by atoms with E-state index in [9.17, 15) is 4.79 Å². The van der Waals surface area contributed by atoms with Crippen molar-refractivity contribution in [3.8, 4) is 5.75 Å². The van der Waals surface area contributed by atoms with Gasteiger partial charge in [-0.25, -0.2) is 0 Å². The molecule has 0 radical (unpaired) electrons. The number of carbonyl (C=O) groups is 1. The minimum Gasteiger partial charge on any atom is -0.497 e. The predicted molar refractivity (Wildman–Crippen MR) is 112 cm³/mol. The molecule has 1 aromatic heterocycles. The number of hydrogen-bond donors (Lipinski definition) is 2. The van der Waals surface area contributed by atoms with E-state index in [1.165, 1.54) is 11.1 Å². The number of ether oxygens (including phenoxy) is 1. The second-order valence-corrected chi connectivity index (χ2v) is 6.62. The minimum atomic E-state index is -0.181. The number of nitrogens with one attached hydrogen (secondary N) is 2. The molecule has 1 heterocycles. The Balaban J connectivity index is 1.50. The zero-order chi connectivity index (χ0) is 19.8. The van der Waals surface area contributed by atoms with Gasteiger partial charge in [-0.2, -0.15) is 0 Å².